The normalized spacial score (nSPS) is 22.7. The van der Waals surface area contributed by atoms with Gasteiger partial charge in [0, 0.05) is 5.41 Å². The highest BCUT2D eigenvalue weighted by molar-refractivity contribution is 5.74. The van der Waals surface area contributed by atoms with Gasteiger partial charge in [0.15, 0.2) is 0 Å². The summed E-state index contributed by atoms with van der Waals surface area (Å²) in [5.74, 6) is 1.07. The fourth-order valence-electron chi connectivity index (χ4n) is 2.22. The van der Waals surface area contributed by atoms with Gasteiger partial charge in [0.25, 0.3) is 5.82 Å². The second kappa shape index (κ2) is 2.63. The van der Waals surface area contributed by atoms with Gasteiger partial charge in [0.1, 0.15) is 17.9 Å². The molecular formula is C13H19N2+. The number of nitrogens with one attached hydrogen (secondary N) is 1. The van der Waals surface area contributed by atoms with Crippen molar-refractivity contribution in [3.8, 4) is 0 Å². The molecule has 0 amide bonds. The van der Waals surface area contributed by atoms with E-state index >= 15 is 0 Å². The molecule has 0 spiro atoms. The summed E-state index contributed by atoms with van der Waals surface area (Å²) >= 11 is 0. The second-order valence-corrected chi connectivity index (χ2v) is 5.32. The van der Waals surface area contributed by atoms with Crippen LogP contribution in [0.2, 0.25) is 0 Å². The van der Waals surface area contributed by atoms with Gasteiger partial charge < -0.3 is 0 Å². The largest absolute Gasteiger partial charge is 0.286 e. The third-order valence-corrected chi connectivity index (χ3v) is 4.22. The number of imidazole rings is 1. The van der Waals surface area contributed by atoms with Crippen molar-refractivity contribution in [2.24, 2.45) is 5.41 Å². The Labute approximate surface area is 91.3 Å². The molecule has 0 unspecified atom stereocenters. The van der Waals surface area contributed by atoms with Gasteiger partial charge in [-0.1, -0.05) is 27.0 Å². The van der Waals surface area contributed by atoms with Gasteiger partial charge in [-0.2, -0.15) is 0 Å². The van der Waals surface area contributed by atoms with Crippen molar-refractivity contribution in [3.63, 3.8) is 0 Å². The van der Waals surface area contributed by atoms with Crippen LogP contribution in [-0.2, 0) is 5.54 Å². The van der Waals surface area contributed by atoms with Gasteiger partial charge in [-0.25, -0.2) is 9.55 Å². The molecule has 2 nitrogen and oxygen atoms in total. The molecule has 1 aromatic heterocycles. The lowest BCUT2D eigenvalue weighted by atomic mass is 9.65. The molecule has 15 heavy (non-hydrogen) atoms. The number of nitrogens with zero attached hydrogens (tertiary/aromatic N) is 1. The summed E-state index contributed by atoms with van der Waals surface area (Å²) in [4.78, 5) is 3.23. The minimum absolute atomic E-state index is 0.0145. The van der Waals surface area contributed by atoms with E-state index in [1.165, 1.54) is 0 Å². The number of fused-ring (bicyclic) bond motifs is 1. The Morgan fingerprint density at radius 3 is 2.40 bits per heavy atom. The van der Waals surface area contributed by atoms with Crippen LogP contribution >= 0.6 is 0 Å². The van der Waals surface area contributed by atoms with E-state index in [1.807, 2.05) is 6.20 Å². The van der Waals surface area contributed by atoms with Gasteiger partial charge in [0.05, 0.1) is 5.57 Å². The molecule has 0 atom stereocenters. The summed E-state index contributed by atoms with van der Waals surface area (Å²) in [7, 11) is 0. The Morgan fingerprint density at radius 1 is 1.20 bits per heavy atom. The summed E-state index contributed by atoms with van der Waals surface area (Å²) in [6.07, 6.45) is 4.03. The van der Waals surface area contributed by atoms with Crippen molar-refractivity contribution in [3.05, 3.63) is 36.9 Å². The molecule has 2 rings (SSSR count). The van der Waals surface area contributed by atoms with Crippen LogP contribution < -0.4 is 4.57 Å². The molecule has 0 bridgehead atoms. The monoisotopic (exact) mass is 203 g/mol. The standard InChI is InChI=1S/C13H18N2/c1-9-10(2)12(3,4)13(5,6)15-8-7-14-11(9)15/h7-8H,1-2H2,3-6H3/p+1. The highest BCUT2D eigenvalue weighted by Gasteiger charge is 2.51. The van der Waals surface area contributed by atoms with E-state index in [0.29, 0.717) is 0 Å². The summed E-state index contributed by atoms with van der Waals surface area (Å²) in [5, 5.41) is 0. The molecule has 1 aliphatic heterocycles. The van der Waals surface area contributed by atoms with E-state index in [9.17, 15) is 0 Å². The minimum Gasteiger partial charge on any atom is -0.243 e. The maximum atomic E-state index is 4.19. The summed E-state index contributed by atoms with van der Waals surface area (Å²) in [6.45, 7) is 17.2. The fraction of sp³-hybridized carbons (Fsp3) is 0.462. The zero-order valence-corrected chi connectivity index (χ0v) is 10.0. The molecule has 0 saturated carbocycles. The minimum atomic E-state index is 0.0145. The van der Waals surface area contributed by atoms with Crippen molar-refractivity contribution in [2.45, 2.75) is 33.2 Å². The third kappa shape index (κ3) is 1.02. The van der Waals surface area contributed by atoms with Crippen molar-refractivity contribution in [1.82, 2.24) is 4.98 Å². The Balaban J connectivity index is 2.76. The number of aromatic nitrogens is 2. The first-order valence-corrected chi connectivity index (χ1v) is 5.28. The molecule has 0 aromatic carbocycles. The quantitative estimate of drug-likeness (QED) is 0.625. The van der Waals surface area contributed by atoms with Crippen LogP contribution in [0.15, 0.2) is 31.1 Å². The van der Waals surface area contributed by atoms with E-state index in [2.05, 4.69) is 56.6 Å². The number of H-pyrrole nitrogens is 1. The molecule has 1 N–H and O–H groups in total. The predicted octanol–water partition coefficient (Wildman–Crippen LogP) is 2.65. The van der Waals surface area contributed by atoms with Crippen molar-refractivity contribution < 1.29 is 4.57 Å². The van der Waals surface area contributed by atoms with E-state index in [-0.39, 0.29) is 11.0 Å². The SMILES string of the molecule is C=C1C(=C)C(C)(C)C(C)(C)[n+]2cc[nH]c21. The van der Waals surface area contributed by atoms with Crippen LogP contribution in [0.1, 0.15) is 33.5 Å². The summed E-state index contributed by atoms with van der Waals surface area (Å²) in [6, 6.07) is 0. The maximum Gasteiger partial charge on any atom is 0.286 e. The first kappa shape index (κ1) is 10.2. The highest BCUT2D eigenvalue weighted by atomic mass is 15.1. The van der Waals surface area contributed by atoms with E-state index < -0.39 is 0 Å². The molecule has 1 aromatic rings. The first-order valence-electron chi connectivity index (χ1n) is 5.28. The van der Waals surface area contributed by atoms with Crippen molar-refractivity contribution in [2.75, 3.05) is 0 Å². The Morgan fingerprint density at radius 2 is 1.80 bits per heavy atom. The molecular weight excluding hydrogens is 184 g/mol. The Hall–Kier alpha value is -1.31. The molecule has 0 radical (unpaired) electrons. The lowest BCUT2D eigenvalue weighted by Crippen LogP contribution is -2.64. The van der Waals surface area contributed by atoms with Crippen molar-refractivity contribution in [1.29, 1.82) is 0 Å². The number of hydrogen-bond acceptors (Lipinski definition) is 0. The molecule has 80 valence electrons. The lowest BCUT2D eigenvalue weighted by molar-refractivity contribution is -0.774. The zero-order chi connectivity index (χ0) is 11.4. The average Bonchev–Trinajstić information content (AvgIpc) is 2.62. The first-order chi connectivity index (χ1) is 6.80. The number of allylic oxidation sites excluding steroid dienone is 2. The lowest BCUT2D eigenvalue weighted by Gasteiger charge is -2.44. The summed E-state index contributed by atoms with van der Waals surface area (Å²) < 4.78 is 2.25. The van der Waals surface area contributed by atoms with Crippen LogP contribution in [-0.4, -0.2) is 4.98 Å². The highest BCUT2D eigenvalue weighted by Crippen LogP contribution is 2.47. The predicted molar refractivity (Wildman–Crippen MR) is 62.3 cm³/mol. The topological polar surface area (TPSA) is 19.7 Å². The van der Waals surface area contributed by atoms with E-state index in [1.54, 1.807) is 0 Å². The van der Waals surface area contributed by atoms with E-state index in [4.69, 9.17) is 0 Å². The molecule has 0 fully saturated rings. The average molecular weight is 203 g/mol. The van der Waals surface area contributed by atoms with Crippen LogP contribution in [0.4, 0.5) is 0 Å². The van der Waals surface area contributed by atoms with Gasteiger partial charge in [0.2, 0.25) is 0 Å². The fourth-order valence-corrected chi connectivity index (χ4v) is 2.22. The van der Waals surface area contributed by atoms with Crippen LogP contribution in [0.25, 0.3) is 5.57 Å². The number of aromatic amines is 1. The molecule has 2 heterocycles. The number of hydrogen-bond donors (Lipinski definition) is 1. The van der Waals surface area contributed by atoms with Crippen molar-refractivity contribution >= 4 is 5.57 Å². The smallest absolute Gasteiger partial charge is 0.243 e. The van der Waals surface area contributed by atoms with Gasteiger partial charge >= 0.3 is 0 Å². The van der Waals surface area contributed by atoms with Gasteiger partial charge in [-0.15, -0.1) is 0 Å². The van der Waals surface area contributed by atoms with Gasteiger partial charge in [-0.3, -0.25) is 0 Å². The van der Waals surface area contributed by atoms with Crippen LogP contribution in [0.3, 0.4) is 0 Å². The van der Waals surface area contributed by atoms with Crippen LogP contribution in [0.5, 0.6) is 0 Å². The Bertz CT molecular complexity index is 447. The molecule has 0 aliphatic carbocycles. The summed E-state index contributed by atoms with van der Waals surface area (Å²) in [5.41, 5.74) is 2.17. The molecule has 2 heteroatoms. The van der Waals surface area contributed by atoms with Gasteiger partial charge in [-0.05, 0) is 19.4 Å². The second-order valence-electron chi connectivity index (χ2n) is 5.32. The molecule has 0 saturated heterocycles. The maximum absolute atomic E-state index is 4.19. The number of rotatable bonds is 0. The van der Waals surface area contributed by atoms with Crippen LogP contribution in [0, 0.1) is 5.41 Å². The third-order valence-electron chi connectivity index (χ3n) is 4.22. The Kier molecular flexibility index (Phi) is 1.79. The zero-order valence-electron chi connectivity index (χ0n) is 10.0. The molecule has 1 aliphatic rings. The van der Waals surface area contributed by atoms with E-state index in [0.717, 1.165) is 17.0 Å².